The second-order valence-electron chi connectivity index (χ2n) is 5.23. The summed E-state index contributed by atoms with van der Waals surface area (Å²) in [5, 5.41) is 7.85. The molecule has 0 spiro atoms. The number of aromatic nitrogens is 4. The molecule has 0 aliphatic carbocycles. The Hall–Kier alpha value is -2.56. The van der Waals surface area contributed by atoms with Crippen LogP contribution in [0.1, 0.15) is 24.2 Å². The lowest BCUT2D eigenvalue weighted by atomic mass is 10.1. The maximum absolute atomic E-state index is 4.35. The van der Waals surface area contributed by atoms with Gasteiger partial charge < -0.3 is 9.88 Å². The van der Waals surface area contributed by atoms with Crippen molar-refractivity contribution in [2.45, 2.75) is 19.9 Å². The van der Waals surface area contributed by atoms with Gasteiger partial charge in [0.05, 0.1) is 17.7 Å². The highest BCUT2D eigenvalue weighted by Crippen LogP contribution is 2.22. The van der Waals surface area contributed by atoms with Crippen molar-refractivity contribution in [1.29, 1.82) is 0 Å². The molecular weight excluding hydrogens is 262 g/mol. The summed E-state index contributed by atoms with van der Waals surface area (Å²) in [5.74, 6) is 0. The predicted molar refractivity (Wildman–Crippen MR) is 83.5 cm³/mol. The molecule has 108 valence electrons. The van der Waals surface area contributed by atoms with Gasteiger partial charge >= 0.3 is 0 Å². The van der Waals surface area contributed by atoms with Gasteiger partial charge in [-0.3, -0.25) is 4.68 Å². The fourth-order valence-corrected chi connectivity index (χ4v) is 2.40. The third-order valence-electron chi connectivity index (χ3n) is 3.58. The first-order chi connectivity index (χ1) is 10.1. The molecule has 2 heterocycles. The highest BCUT2D eigenvalue weighted by Gasteiger charge is 2.09. The van der Waals surface area contributed by atoms with E-state index in [0.29, 0.717) is 0 Å². The van der Waals surface area contributed by atoms with E-state index in [4.69, 9.17) is 0 Å². The van der Waals surface area contributed by atoms with E-state index in [-0.39, 0.29) is 6.04 Å². The van der Waals surface area contributed by atoms with Crippen LogP contribution in [0.5, 0.6) is 0 Å². The number of hydrogen-bond donors (Lipinski definition) is 1. The van der Waals surface area contributed by atoms with Crippen molar-refractivity contribution in [3.8, 4) is 5.69 Å². The van der Waals surface area contributed by atoms with Crippen LogP contribution in [0.2, 0.25) is 0 Å². The zero-order valence-corrected chi connectivity index (χ0v) is 12.5. The van der Waals surface area contributed by atoms with E-state index in [9.17, 15) is 0 Å². The topological polar surface area (TPSA) is 47.7 Å². The SMILES string of the molecule is Cc1nn(C)cc1NC(C)c1ccc(-n2ccnc2)cc1. The number of imidazole rings is 1. The maximum Gasteiger partial charge on any atom is 0.0991 e. The second kappa shape index (κ2) is 5.44. The Labute approximate surface area is 124 Å². The number of aryl methyl sites for hydroxylation is 2. The van der Waals surface area contributed by atoms with Crippen molar-refractivity contribution in [2.24, 2.45) is 7.05 Å². The van der Waals surface area contributed by atoms with Crippen LogP contribution < -0.4 is 5.32 Å². The number of anilines is 1. The van der Waals surface area contributed by atoms with Crippen molar-refractivity contribution >= 4 is 5.69 Å². The Morgan fingerprint density at radius 2 is 1.95 bits per heavy atom. The van der Waals surface area contributed by atoms with Gasteiger partial charge in [-0.2, -0.15) is 5.10 Å². The van der Waals surface area contributed by atoms with E-state index < -0.39 is 0 Å². The minimum absolute atomic E-state index is 0.227. The third-order valence-corrected chi connectivity index (χ3v) is 3.58. The average molecular weight is 281 g/mol. The third kappa shape index (κ3) is 2.81. The molecule has 2 aromatic heterocycles. The largest absolute Gasteiger partial charge is 0.376 e. The van der Waals surface area contributed by atoms with Crippen molar-refractivity contribution in [3.05, 3.63) is 60.4 Å². The molecule has 21 heavy (non-hydrogen) atoms. The number of benzene rings is 1. The van der Waals surface area contributed by atoms with Gasteiger partial charge in [0, 0.05) is 37.4 Å². The average Bonchev–Trinajstić information content (AvgIpc) is 3.10. The van der Waals surface area contributed by atoms with Gasteiger partial charge in [0.2, 0.25) is 0 Å². The summed E-state index contributed by atoms with van der Waals surface area (Å²) in [6.45, 7) is 4.16. The van der Waals surface area contributed by atoms with Crippen LogP contribution in [-0.4, -0.2) is 19.3 Å². The quantitative estimate of drug-likeness (QED) is 0.799. The highest BCUT2D eigenvalue weighted by atomic mass is 15.3. The molecule has 0 bridgehead atoms. The lowest BCUT2D eigenvalue weighted by molar-refractivity contribution is 0.756. The van der Waals surface area contributed by atoms with Gasteiger partial charge in [-0.15, -0.1) is 0 Å². The van der Waals surface area contributed by atoms with Crippen molar-refractivity contribution < 1.29 is 0 Å². The molecule has 0 radical (unpaired) electrons. The van der Waals surface area contributed by atoms with Crippen molar-refractivity contribution in [2.75, 3.05) is 5.32 Å². The zero-order chi connectivity index (χ0) is 14.8. The summed E-state index contributed by atoms with van der Waals surface area (Å²) in [4.78, 5) is 4.07. The lowest BCUT2D eigenvalue weighted by Gasteiger charge is -2.15. The van der Waals surface area contributed by atoms with E-state index in [0.717, 1.165) is 17.1 Å². The standard InChI is InChI=1S/C16H19N5/c1-12(18-16-10-20(3)19-13(16)2)14-4-6-15(7-5-14)21-9-8-17-11-21/h4-12,18H,1-3H3. The van der Waals surface area contributed by atoms with Crippen molar-refractivity contribution in [3.63, 3.8) is 0 Å². The van der Waals surface area contributed by atoms with E-state index in [1.165, 1.54) is 5.56 Å². The van der Waals surface area contributed by atoms with Gasteiger partial charge in [0.25, 0.3) is 0 Å². The molecule has 0 aliphatic rings. The molecule has 1 atom stereocenters. The van der Waals surface area contributed by atoms with E-state index in [1.54, 1.807) is 12.5 Å². The minimum Gasteiger partial charge on any atom is -0.376 e. The van der Waals surface area contributed by atoms with Crippen LogP contribution in [0.4, 0.5) is 5.69 Å². The molecule has 5 nitrogen and oxygen atoms in total. The number of rotatable bonds is 4. The van der Waals surface area contributed by atoms with Gasteiger partial charge in [-0.25, -0.2) is 4.98 Å². The smallest absolute Gasteiger partial charge is 0.0991 e. The Balaban J connectivity index is 1.76. The van der Waals surface area contributed by atoms with Crippen LogP contribution in [0.25, 0.3) is 5.69 Å². The molecule has 0 aliphatic heterocycles. The molecule has 0 saturated heterocycles. The van der Waals surface area contributed by atoms with Crippen LogP contribution in [-0.2, 0) is 7.05 Å². The second-order valence-corrected chi connectivity index (χ2v) is 5.23. The number of hydrogen-bond acceptors (Lipinski definition) is 3. The fraction of sp³-hybridized carbons (Fsp3) is 0.250. The zero-order valence-electron chi connectivity index (χ0n) is 12.5. The fourth-order valence-electron chi connectivity index (χ4n) is 2.40. The first-order valence-electron chi connectivity index (χ1n) is 6.98. The van der Waals surface area contributed by atoms with Crippen LogP contribution in [0.3, 0.4) is 0 Å². The lowest BCUT2D eigenvalue weighted by Crippen LogP contribution is -2.07. The monoisotopic (exact) mass is 281 g/mol. The molecule has 0 saturated carbocycles. The molecule has 1 aromatic carbocycles. The van der Waals surface area contributed by atoms with Crippen LogP contribution >= 0.6 is 0 Å². The number of nitrogens with zero attached hydrogens (tertiary/aromatic N) is 4. The molecule has 1 unspecified atom stereocenters. The molecule has 1 N–H and O–H groups in total. The Morgan fingerprint density at radius 3 is 2.52 bits per heavy atom. The summed E-state index contributed by atoms with van der Waals surface area (Å²) in [6.07, 6.45) is 7.53. The first kappa shape index (κ1) is 13.4. The Morgan fingerprint density at radius 1 is 1.19 bits per heavy atom. The molecule has 0 amide bonds. The van der Waals surface area contributed by atoms with Crippen LogP contribution in [0, 0.1) is 6.92 Å². The van der Waals surface area contributed by atoms with Gasteiger partial charge in [0.15, 0.2) is 0 Å². The minimum atomic E-state index is 0.227. The molecule has 0 fully saturated rings. The maximum atomic E-state index is 4.35. The van der Waals surface area contributed by atoms with Crippen LogP contribution in [0.15, 0.2) is 49.2 Å². The highest BCUT2D eigenvalue weighted by molar-refractivity contribution is 5.48. The van der Waals surface area contributed by atoms with Gasteiger partial charge in [-0.1, -0.05) is 12.1 Å². The molecule has 5 heteroatoms. The normalized spacial score (nSPS) is 12.3. The van der Waals surface area contributed by atoms with E-state index >= 15 is 0 Å². The molecule has 3 rings (SSSR count). The van der Waals surface area contributed by atoms with E-state index in [2.05, 4.69) is 46.6 Å². The molecular formula is C16H19N5. The van der Waals surface area contributed by atoms with E-state index in [1.807, 2.05) is 35.6 Å². The molecule has 3 aromatic rings. The summed E-state index contributed by atoms with van der Waals surface area (Å²) >= 11 is 0. The Kier molecular flexibility index (Phi) is 3.48. The summed E-state index contributed by atoms with van der Waals surface area (Å²) in [6, 6.07) is 8.71. The summed E-state index contributed by atoms with van der Waals surface area (Å²) in [5.41, 5.74) is 4.44. The Bertz CT molecular complexity index is 710. The van der Waals surface area contributed by atoms with Gasteiger partial charge in [0.1, 0.15) is 0 Å². The summed E-state index contributed by atoms with van der Waals surface area (Å²) < 4.78 is 3.82. The first-order valence-corrected chi connectivity index (χ1v) is 6.98. The number of nitrogens with one attached hydrogen (secondary N) is 1. The summed E-state index contributed by atoms with van der Waals surface area (Å²) in [7, 11) is 1.93. The van der Waals surface area contributed by atoms with Gasteiger partial charge in [-0.05, 0) is 31.5 Å². The predicted octanol–water partition coefficient (Wildman–Crippen LogP) is 3.09. The van der Waals surface area contributed by atoms with Crippen molar-refractivity contribution in [1.82, 2.24) is 19.3 Å².